The van der Waals surface area contributed by atoms with Crippen molar-refractivity contribution >= 4 is 179 Å². The van der Waals surface area contributed by atoms with E-state index in [0.29, 0.717) is 182 Å². The van der Waals surface area contributed by atoms with Crippen LogP contribution in [0, 0.1) is 0 Å². The van der Waals surface area contributed by atoms with Crippen LogP contribution in [0.3, 0.4) is 0 Å². The van der Waals surface area contributed by atoms with E-state index in [4.69, 9.17) is 71.5 Å². The van der Waals surface area contributed by atoms with Gasteiger partial charge in [0.05, 0.1) is 0 Å². The Morgan fingerprint density at radius 2 is 0.143 bits per heavy atom. The van der Waals surface area contributed by atoms with Crippen LogP contribution in [0.2, 0.25) is 0 Å². The number of carbonyl (C=O) groups excluding carboxylic acids is 16. The van der Waals surface area contributed by atoms with E-state index < -0.39 is 179 Å². The molecule has 0 amide bonds. The highest BCUT2D eigenvalue weighted by molar-refractivity contribution is 6.08. The highest BCUT2D eigenvalue weighted by Crippen LogP contribution is 1.96. The molecular weight excluding hydrogens is 1550 g/mol. The number of hydrogen-bond donors (Lipinski definition) is 14. The first-order valence-electron chi connectivity index (χ1n) is 26.2. The highest BCUT2D eigenvalue weighted by atomic mass is 16.6. The quantitative estimate of drug-likeness (QED) is 0.0139. The summed E-state index contributed by atoms with van der Waals surface area (Å²) < 4.78 is 32.3. The third-order valence-electron chi connectivity index (χ3n) is 7.03. The lowest BCUT2D eigenvalue weighted by molar-refractivity contribution is -0.155. The maximum absolute atomic E-state index is 11.0. The molecule has 52 nitrogen and oxygen atoms in total. The summed E-state index contributed by atoms with van der Waals surface area (Å²) in [6.45, 7) is 0. The lowest BCUT2D eigenvalue weighted by Crippen LogP contribution is -2.11. The van der Waals surface area contributed by atoms with E-state index in [1.165, 1.54) is 0 Å². The van der Waals surface area contributed by atoms with Crippen molar-refractivity contribution in [3.8, 4) is 0 Å². The third kappa shape index (κ3) is 96.0. The summed E-state index contributed by atoms with van der Waals surface area (Å²) in [7, 11) is 0. The van der Waals surface area contributed by atoms with Crippen LogP contribution in [-0.4, -0.2) is 251 Å². The second kappa shape index (κ2) is 64.9. The van der Waals surface area contributed by atoms with Crippen LogP contribution in [0.4, 0.5) is 0 Å². The maximum Gasteiger partial charge on any atom is 0.338 e. The van der Waals surface area contributed by atoms with Gasteiger partial charge in [0.15, 0.2) is 0 Å². The van der Waals surface area contributed by atoms with Gasteiger partial charge in [-0.15, -0.1) is 0 Å². The molecule has 0 aliphatic carbocycles. The molecule has 0 saturated carbocycles. The summed E-state index contributed by atoms with van der Waals surface area (Å²) in [5.41, 5.74) is 0. The zero-order valence-corrected chi connectivity index (χ0v) is 54.1. The molecule has 0 radical (unpaired) electrons. The number of carboxylic acid groups (broad SMARTS) is 14. The predicted molar refractivity (Wildman–Crippen MR) is 333 cm³/mol. The molecule has 0 bridgehead atoms. The zero-order chi connectivity index (χ0) is 88.2. The van der Waals surface area contributed by atoms with Crippen LogP contribution in [-0.2, 0) is 182 Å². The van der Waals surface area contributed by atoms with Crippen LogP contribution in [0.1, 0.15) is 0 Å². The summed E-state index contributed by atoms with van der Waals surface area (Å²) in [6.07, 6.45) is 14.1. The van der Waals surface area contributed by atoms with Crippen molar-refractivity contribution in [1.29, 1.82) is 0 Å². The lowest BCUT2D eigenvalue weighted by atomic mass is 10.4. The molecule has 0 aromatic heterocycles. The minimum atomic E-state index is -1.43. The van der Waals surface area contributed by atoms with Gasteiger partial charge >= 0.3 is 179 Å². The number of esters is 16. The van der Waals surface area contributed by atoms with Crippen LogP contribution in [0.15, 0.2) is 182 Å². The van der Waals surface area contributed by atoms with E-state index in [-0.39, 0.29) is 0 Å². The monoisotopic (exact) mass is 1600 g/mol. The smallest absolute Gasteiger partial charge is 0.338 e. The van der Waals surface area contributed by atoms with E-state index in [2.05, 4.69) is 37.9 Å². The number of aliphatic carboxylic acids is 14. The largest absolute Gasteiger partial charge is 0.478 e. The Morgan fingerprint density at radius 3 is 0.196 bits per heavy atom. The SMILES string of the molecule is O=C(O)/C=C/C(=O)O.O=C(O)/C=C/C(=O)O.O=C(O)/C=C/C(=O)O.O=C(O)/C=C/C(=O)OC(=O)/C=C/C(=O)OC(=O)/C=C/C(=O)O.O=C(O)/C=C/C(=O)OC(=O)/C=C/C(=O)OC(=O)/C=C/C(=O)O.O=C(O)/C=C/C(=O)OC(=O)/C=C/C(=O)OC(=O)/C=C/C(=O)O.O=C(O)/C=C/C(=O)OC(=O)/C=C/C(=O)OC(=O)/C=C/C(=O)O. The number of carbonyl (C=O) groups is 30. The van der Waals surface area contributed by atoms with Crippen LogP contribution >= 0.6 is 0 Å². The van der Waals surface area contributed by atoms with E-state index in [1.807, 2.05) is 0 Å². The molecule has 0 unspecified atom stereocenters. The molecule has 0 aromatic carbocycles. The summed E-state index contributed by atoms with van der Waals surface area (Å²) in [5, 5.41) is 113. The molecular formula is C60H44O52. The molecule has 0 aliphatic heterocycles. The van der Waals surface area contributed by atoms with Gasteiger partial charge in [0.2, 0.25) is 0 Å². The van der Waals surface area contributed by atoms with Gasteiger partial charge in [-0.25, -0.2) is 144 Å². The van der Waals surface area contributed by atoms with E-state index in [1.54, 1.807) is 0 Å². The van der Waals surface area contributed by atoms with Gasteiger partial charge < -0.3 is 109 Å². The molecule has 112 heavy (non-hydrogen) atoms. The first kappa shape index (κ1) is 107. The van der Waals surface area contributed by atoms with Crippen LogP contribution in [0.5, 0.6) is 0 Å². The van der Waals surface area contributed by atoms with Gasteiger partial charge in [-0.3, -0.25) is 0 Å². The molecule has 596 valence electrons. The molecule has 0 saturated heterocycles. The summed E-state index contributed by atoms with van der Waals surface area (Å²) in [4.78, 5) is 313. The molecule has 0 fully saturated rings. The van der Waals surface area contributed by atoms with Gasteiger partial charge in [0.25, 0.3) is 0 Å². The van der Waals surface area contributed by atoms with Gasteiger partial charge in [-0.2, -0.15) is 0 Å². The van der Waals surface area contributed by atoms with Crippen molar-refractivity contribution in [2.45, 2.75) is 0 Å². The van der Waals surface area contributed by atoms with Crippen molar-refractivity contribution in [2.75, 3.05) is 0 Å². The molecule has 0 rings (SSSR count). The van der Waals surface area contributed by atoms with Crippen molar-refractivity contribution in [2.24, 2.45) is 0 Å². The number of hydrogen-bond acceptors (Lipinski definition) is 38. The van der Waals surface area contributed by atoms with Crippen LogP contribution in [0.25, 0.3) is 0 Å². The Morgan fingerprint density at radius 1 is 0.0982 bits per heavy atom. The van der Waals surface area contributed by atoms with Gasteiger partial charge in [0.1, 0.15) is 0 Å². The fraction of sp³-hybridized carbons (Fsp3) is 0. The molecule has 52 heteroatoms. The third-order valence-corrected chi connectivity index (χ3v) is 7.03. The normalized spacial score (nSPS) is 10.5. The fourth-order valence-electron chi connectivity index (χ4n) is 3.42. The molecule has 0 heterocycles. The molecule has 0 aliphatic rings. The number of rotatable bonds is 30. The standard InChI is InChI=1S/4C12H8O10.3C4H4O4/c4*13-7(14)1-3-9(17)21-11(19)5-6-12(20)22-10(18)4-2-8(15)16;3*5-3(6)1-2-4(7)8/h4*1-6H,(H,13,14)(H,15,16);3*1-2H,(H,5,6)(H,7,8)/b4*3-1+,4-2+,6-5+;3*2-1+. The van der Waals surface area contributed by atoms with Crippen molar-refractivity contribution in [3.05, 3.63) is 182 Å². The van der Waals surface area contributed by atoms with Gasteiger partial charge in [-0.05, 0) is 0 Å². The van der Waals surface area contributed by atoms with Gasteiger partial charge in [0, 0.05) is 182 Å². The van der Waals surface area contributed by atoms with Crippen LogP contribution < -0.4 is 0 Å². The van der Waals surface area contributed by atoms with E-state index in [9.17, 15) is 144 Å². The Kier molecular flexibility index (Phi) is 62.1. The van der Waals surface area contributed by atoms with Gasteiger partial charge in [-0.1, -0.05) is 0 Å². The zero-order valence-electron chi connectivity index (χ0n) is 54.1. The average Bonchev–Trinajstić information content (AvgIpc) is 0.971. The molecule has 0 aromatic rings. The maximum atomic E-state index is 11.0. The molecule has 14 N–H and O–H groups in total. The van der Waals surface area contributed by atoms with Crippen molar-refractivity contribution in [1.82, 2.24) is 0 Å². The summed E-state index contributed by atoms with van der Waals surface area (Å²) in [6, 6.07) is 0. The second-order valence-electron chi connectivity index (χ2n) is 15.7. The molecule has 0 atom stereocenters. The van der Waals surface area contributed by atoms with E-state index >= 15 is 0 Å². The average molecular weight is 1600 g/mol. The predicted octanol–water partition coefficient (Wildman–Crippen LogP) is -5.01. The van der Waals surface area contributed by atoms with Crippen molar-refractivity contribution < 1.29 is 253 Å². The Hall–Kier alpha value is -18.2. The lowest BCUT2D eigenvalue weighted by Gasteiger charge is -1.95. The highest BCUT2D eigenvalue weighted by Gasteiger charge is 2.13. The second-order valence-corrected chi connectivity index (χ2v) is 15.7. The first-order chi connectivity index (χ1) is 51.7. The molecule has 0 spiro atoms. The Balaban J connectivity index is -0.000000238. The first-order valence-corrected chi connectivity index (χ1v) is 26.2. The minimum Gasteiger partial charge on any atom is -0.478 e. The number of carboxylic acids is 14. The topological polar surface area (TPSA) is 869 Å². The summed E-state index contributed by atoms with van der Waals surface area (Å²) in [5.74, 6) is -39.8. The number of ether oxygens (including phenoxy) is 8. The Labute approximate surface area is 613 Å². The minimum absolute atomic E-state index is 0.432. The summed E-state index contributed by atoms with van der Waals surface area (Å²) >= 11 is 0. The van der Waals surface area contributed by atoms with E-state index in [0.717, 1.165) is 0 Å². The fourth-order valence-corrected chi connectivity index (χ4v) is 3.42. The van der Waals surface area contributed by atoms with Crippen molar-refractivity contribution in [3.63, 3.8) is 0 Å². The Bertz CT molecular complexity index is 3400.